The molecule has 1 saturated heterocycles. The second-order valence-corrected chi connectivity index (χ2v) is 9.45. The molecule has 0 saturated carbocycles. The van der Waals surface area contributed by atoms with Crippen molar-refractivity contribution >= 4 is 29.2 Å². The summed E-state index contributed by atoms with van der Waals surface area (Å²) in [5, 5.41) is 3.96. The number of H-pyrrole nitrogens is 1. The lowest BCUT2D eigenvalue weighted by molar-refractivity contribution is 0.146. The SMILES string of the molecule is CC(NC(=O)N(C)C1CCN(C)CC1)c1ccc(-c2cncc(-c3ccc[nH]3)c2)c(Cl)c1Cl. The summed E-state index contributed by atoms with van der Waals surface area (Å²) in [6.07, 6.45) is 7.40. The number of benzene rings is 1. The highest BCUT2D eigenvalue weighted by Gasteiger charge is 2.25. The van der Waals surface area contributed by atoms with Crippen molar-refractivity contribution < 1.29 is 4.79 Å². The van der Waals surface area contributed by atoms with Gasteiger partial charge in [0, 0.05) is 54.1 Å². The van der Waals surface area contributed by atoms with Crippen molar-refractivity contribution in [2.75, 3.05) is 27.2 Å². The largest absolute Gasteiger partial charge is 0.361 e. The molecule has 2 amide bonds. The smallest absolute Gasteiger partial charge is 0.317 e. The van der Waals surface area contributed by atoms with Gasteiger partial charge in [-0.1, -0.05) is 35.3 Å². The van der Waals surface area contributed by atoms with E-state index in [0.717, 1.165) is 53.9 Å². The Morgan fingerprint density at radius 3 is 2.61 bits per heavy atom. The molecule has 33 heavy (non-hydrogen) atoms. The van der Waals surface area contributed by atoms with Gasteiger partial charge in [0.2, 0.25) is 0 Å². The summed E-state index contributed by atoms with van der Waals surface area (Å²) in [6.45, 7) is 3.92. The van der Waals surface area contributed by atoms with E-state index >= 15 is 0 Å². The van der Waals surface area contributed by atoms with E-state index in [-0.39, 0.29) is 18.1 Å². The second kappa shape index (κ2) is 10.2. The number of nitrogens with one attached hydrogen (secondary N) is 2. The van der Waals surface area contributed by atoms with E-state index in [4.69, 9.17) is 23.2 Å². The Morgan fingerprint density at radius 2 is 1.91 bits per heavy atom. The van der Waals surface area contributed by atoms with Gasteiger partial charge in [0.25, 0.3) is 0 Å². The Kier molecular flexibility index (Phi) is 7.27. The fourth-order valence-corrected chi connectivity index (χ4v) is 4.89. The van der Waals surface area contributed by atoms with Gasteiger partial charge < -0.3 is 20.1 Å². The lowest BCUT2D eigenvalue weighted by atomic mass is 10.0. The minimum Gasteiger partial charge on any atom is -0.361 e. The number of rotatable bonds is 5. The van der Waals surface area contributed by atoms with Crippen LogP contribution in [-0.2, 0) is 0 Å². The molecule has 2 N–H and O–H groups in total. The number of likely N-dealkylation sites (tertiary alicyclic amines) is 1. The van der Waals surface area contributed by atoms with Crippen LogP contribution < -0.4 is 5.32 Å². The number of aromatic amines is 1. The summed E-state index contributed by atoms with van der Waals surface area (Å²) < 4.78 is 0. The Balaban J connectivity index is 1.50. The van der Waals surface area contributed by atoms with Gasteiger partial charge in [0.1, 0.15) is 0 Å². The van der Waals surface area contributed by atoms with Gasteiger partial charge in [0.05, 0.1) is 16.1 Å². The van der Waals surface area contributed by atoms with Gasteiger partial charge in [-0.15, -0.1) is 0 Å². The molecule has 3 aromatic rings. The third kappa shape index (κ3) is 5.18. The molecule has 6 nitrogen and oxygen atoms in total. The highest BCUT2D eigenvalue weighted by Crippen LogP contribution is 2.38. The van der Waals surface area contributed by atoms with Gasteiger partial charge in [-0.3, -0.25) is 4.98 Å². The summed E-state index contributed by atoms with van der Waals surface area (Å²) in [4.78, 5) is 24.5. The number of halogens is 2. The highest BCUT2D eigenvalue weighted by atomic mass is 35.5. The van der Waals surface area contributed by atoms with E-state index < -0.39 is 0 Å². The average Bonchev–Trinajstić information content (AvgIpc) is 3.36. The van der Waals surface area contributed by atoms with Crippen LogP contribution in [0.2, 0.25) is 10.0 Å². The maximum atomic E-state index is 12.9. The van der Waals surface area contributed by atoms with Crippen LogP contribution in [0.15, 0.2) is 48.9 Å². The number of aromatic nitrogens is 2. The van der Waals surface area contributed by atoms with Crippen LogP contribution >= 0.6 is 23.2 Å². The van der Waals surface area contributed by atoms with Crippen molar-refractivity contribution in [1.29, 1.82) is 0 Å². The first-order valence-electron chi connectivity index (χ1n) is 11.1. The van der Waals surface area contributed by atoms with Crippen molar-refractivity contribution in [2.45, 2.75) is 31.8 Å². The van der Waals surface area contributed by atoms with Crippen molar-refractivity contribution in [3.63, 3.8) is 0 Å². The van der Waals surface area contributed by atoms with Crippen LogP contribution in [0.5, 0.6) is 0 Å². The van der Waals surface area contributed by atoms with Crippen molar-refractivity contribution in [2.24, 2.45) is 0 Å². The van der Waals surface area contributed by atoms with Gasteiger partial charge in [-0.2, -0.15) is 0 Å². The van der Waals surface area contributed by atoms with Gasteiger partial charge in [-0.05, 0) is 63.7 Å². The summed E-state index contributed by atoms with van der Waals surface area (Å²) in [7, 11) is 3.97. The molecule has 1 atom stereocenters. The van der Waals surface area contributed by atoms with E-state index in [0.29, 0.717) is 10.0 Å². The quantitative estimate of drug-likeness (QED) is 0.476. The maximum absolute atomic E-state index is 12.9. The normalized spacial score (nSPS) is 15.9. The van der Waals surface area contributed by atoms with E-state index in [2.05, 4.69) is 27.2 Å². The number of carbonyl (C=O) groups excluding carboxylic acids is 1. The zero-order valence-corrected chi connectivity index (χ0v) is 20.6. The minimum atomic E-state index is -0.284. The third-order valence-corrected chi connectivity index (χ3v) is 7.33. The fraction of sp³-hybridized carbons (Fsp3) is 0.360. The van der Waals surface area contributed by atoms with Crippen molar-refractivity contribution in [1.82, 2.24) is 25.1 Å². The Morgan fingerprint density at radius 1 is 1.18 bits per heavy atom. The summed E-state index contributed by atoms with van der Waals surface area (Å²) in [5.41, 5.74) is 4.40. The summed E-state index contributed by atoms with van der Waals surface area (Å²) in [5.74, 6) is 0. The topological polar surface area (TPSA) is 64.3 Å². The predicted octanol–water partition coefficient (Wildman–Crippen LogP) is 5.85. The molecule has 0 bridgehead atoms. The van der Waals surface area contributed by atoms with Gasteiger partial charge in [-0.25, -0.2) is 4.79 Å². The van der Waals surface area contributed by atoms with Crippen molar-refractivity contribution in [3.05, 3.63) is 64.5 Å². The Bertz CT molecular complexity index is 1110. The van der Waals surface area contributed by atoms with Crippen LogP contribution in [0.3, 0.4) is 0 Å². The van der Waals surface area contributed by atoms with Crippen LogP contribution in [-0.4, -0.2) is 59.0 Å². The lowest BCUT2D eigenvalue weighted by Crippen LogP contribution is -2.48. The first-order valence-corrected chi connectivity index (χ1v) is 11.9. The fourth-order valence-electron chi connectivity index (χ4n) is 4.28. The molecule has 0 aliphatic carbocycles. The number of hydrogen-bond donors (Lipinski definition) is 2. The number of piperidine rings is 1. The standard InChI is InChI=1S/C25H29Cl2N5O/c1-16(30-25(33)32(3)19-8-11-31(2)12-9-19)20-6-7-21(24(27)23(20)26)17-13-18(15-28-14-17)22-5-4-10-29-22/h4-7,10,13-16,19,29H,8-9,11-12H2,1-3H3,(H,30,33). The first kappa shape index (κ1) is 23.6. The second-order valence-electron chi connectivity index (χ2n) is 8.69. The van der Waals surface area contributed by atoms with Crippen molar-refractivity contribution in [3.8, 4) is 22.4 Å². The number of hydrogen-bond acceptors (Lipinski definition) is 3. The van der Waals surface area contributed by atoms with Crippen LogP contribution in [0, 0.1) is 0 Å². The summed E-state index contributed by atoms with van der Waals surface area (Å²) in [6, 6.07) is 9.68. The predicted molar refractivity (Wildman–Crippen MR) is 135 cm³/mol. The molecule has 0 radical (unpaired) electrons. The molecule has 1 aromatic carbocycles. The first-order chi connectivity index (χ1) is 15.8. The van der Waals surface area contributed by atoms with Gasteiger partial charge >= 0.3 is 6.03 Å². The molecular formula is C25H29Cl2N5O. The summed E-state index contributed by atoms with van der Waals surface area (Å²) >= 11 is 13.4. The Labute approximate surface area is 204 Å². The zero-order valence-electron chi connectivity index (χ0n) is 19.1. The third-order valence-electron chi connectivity index (χ3n) is 6.43. The Hall–Kier alpha value is -2.54. The molecule has 0 spiro atoms. The number of carbonyl (C=O) groups is 1. The molecular weight excluding hydrogens is 457 g/mol. The monoisotopic (exact) mass is 485 g/mol. The van der Waals surface area contributed by atoms with E-state index in [9.17, 15) is 4.79 Å². The average molecular weight is 486 g/mol. The van der Waals surface area contributed by atoms with Crippen LogP contribution in [0.1, 0.15) is 31.4 Å². The number of urea groups is 1. The number of nitrogens with zero attached hydrogens (tertiary/aromatic N) is 3. The molecule has 1 fully saturated rings. The molecule has 1 unspecified atom stereocenters. The molecule has 8 heteroatoms. The van der Waals surface area contributed by atoms with Crippen LogP contribution in [0.4, 0.5) is 4.79 Å². The molecule has 3 heterocycles. The lowest BCUT2D eigenvalue weighted by Gasteiger charge is -2.35. The zero-order chi connectivity index (χ0) is 23.5. The minimum absolute atomic E-state index is 0.101. The van der Waals surface area contributed by atoms with E-state index in [1.165, 1.54) is 0 Å². The van der Waals surface area contributed by atoms with E-state index in [1.807, 2.05) is 55.4 Å². The van der Waals surface area contributed by atoms with E-state index in [1.54, 1.807) is 12.4 Å². The molecule has 1 aliphatic rings. The molecule has 1 aliphatic heterocycles. The molecule has 2 aromatic heterocycles. The number of amides is 2. The molecule has 4 rings (SSSR count). The highest BCUT2D eigenvalue weighted by molar-refractivity contribution is 6.44. The maximum Gasteiger partial charge on any atom is 0.317 e. The number of pyridine rings is 1. The van der Waals surface area contributed by atoms with Crippen LogP contribution in [0.25, 0.3) is 22.4 Å². The van der Waals surface area contributed by atoms with Gasteiger partial charge in [0.15, 0.2) is 0 Å². The molecule has 174 valence electrons.